The molecule has 164 valence electrons. The van der Waals surface area contributed by atoms with Crippen molar-refractivity contribution in [2.24, 2.45) is 5.92 Å². The van der Waals surface area contributed by atoms with Crippen LogP contribution in [-0.2, 0) is 19.6 Å². The summed E-state index contributed by atoms with van der Waals surface area (Å²) in [6.07, 6.45) is 2.94. The van der Waals surface area contributed by atoms with Crippen molar-refractivity contribution in [2.75, 3.05) is 23.3 Å². The smallest absolute Gasteiger partial charge is 0.243 e. The zero-order valence-electron chi connectivity index (χ0n) is 17.5. The largest absolute Gasteiger partial charge is 0.326 e. The fourth-order valence-electron chi connectivity index (χ4n) is 4.26. The molecule has 2 aromatic carbocycles. The van der Waals surface area contributed by atoms with Crippen molar-refractivity contribution in [1.29, 1.82) is 0 Å². The molecular weight excluding hydrogens is 414 g/mol. The number of nitrogens with zero attached hydrogens (tertiary/aromatic N) is 2. The summed E-state index contributed by atoms with van der Waals surface area (Å²) in [5.74, 6) is -0.777. The highest BCUT2D eigenvalue weighted by molar-refractivity contribution is 7.89. The lowest BCUT2D eigenvalue weighted by Gasteiger charge is -2.32. The molecule has 1 N–H and O–H groups in total. The molecule has 2 atom stereocenters. The third-order valence-corrected chi connectivity index (χ3v) is 8.06. The van der Waals surface area contributed by atoms with Crippen LogP contribution >= 0.6 is 0 Å². The minimum Gasteiger partial charge on any atom is -0.326 e. The SMILES string of the molecule is C[C@H]1CCCCN1S(=O)(=O)c1ccc(NC(=O)[C@H]2CC(=O)N(c3ccccc3)C2)cc1. The van der Waals surface area contributed by atoms with Crippen LogP contribution in [-0.4, -0.2) is 43.7 Å². The summed E-state index contributed by atoms with van der Waals surface area (Å²) in [6.45, 7) is 2.80. The highest BCUT2D eigenvalue weighted by atomic mass is 32.2. The number of benzene rings is 2. The first-order valence-corrected chi connectivity index (χ1v) is 12.1. The summed E-state index contributed by atoms with van der Waals surface area (Å²) in [4.78, 5) is 26.9. The number of amides is 2. The van der Waals surface area contributed by atoms with Gasteiger partial charge in [-0.25, -0.2) is 8.42 Å². The van der Waals surface area contributed by atoms with E-state index in [4.69, 9.17) is 0 Å². The second-order valence-electron chi connectivity index (χ2n) is 8.22. The van der Waals surface area contributed by atoms with E-state index in [1.165, 1.54) is 12.1 Å². The Bertz CT molecular complexity index is 1050. The molecule has 4 rings (SSSR count). The van der Waals surface area contributed by atoms with Crippen LogP contribution < -0.4 is 10.2 Å². The Morgan fingerprint density at radius 2 is 1.74 bits per heavy atom. The van der Waals surface area contributed by atoms with Crippen LogP contribution in [0, 0.1) is 5.92 Å². The van der Waals surface area contributed by atoms with Gasteiger partial charge in [0.25, 0.3) is 0 Å². The van der Waals surface area contributed by atoms with Gasteiger partial charge in [0, 0.05) is 36.9 Å². The Labute approximate surface area is 183 Å². The number of rotatable bonds is 5. The number of sulfonamides is 1. The van der Waals surface area contributed by atoms with Gasteiger partial charge >= 0.3 is 0 Å². The van der Waals surface area contributed by atoms with Crippen LogP contribution in [0.1, 0.15) is 32.6 Å². The average Bonchev–Trinajstić information content (AvgIpc) is 3.17. The van der Waals surface area contributed by atoms with Gasteiger partial charge in [-0.05, 0) is 56.2 Å². The minimum absolute atomic E-state index is 0.00871. The molecule has 2 saturated heterocycles. The van der Waals surface area contributed by atoms with Gasteiger partial charge < -0.3 is 10.2 Å². The molecule has 0 aliphatic carbocycles. The Hall–Kier alpha value is -2.71. The summed E-state index contributed by atoms with van der Waals surface area (Å²) in [5.41, 5.74) is 1.30. The fourth-order valence-corrected chi connectivity index (χ4v) is 5.96. The number of para-hydroxylation sites is 1. The molecule has 2 aliphatic rings. The predicted octanol–water partition coefficient (Wildman–Crippen LogP) is 3.24. The molecule has 2 aliphatic heterocycles. The molecule has 7 nitrogen and oxygen atoms in total. The topological polar surface area (TPSA) is 86.8 Å². The van der Waals surface area contributed by atoms with E-state index in [0.717, 1.165) is 24.9 Å². The molecule has 2 heterocycles. The molecule has 0 spiro atoms. The third-order valence-electron chi connectivity index (χ3n) is 6.03. The maximum Gasteiger partial charge on any atom is 0.243 e. The minimum atomic E-state index is -3.55. The van der Waals surface area contributed by atoms with Crippen LogP contribution in [0.5, 0.6) is 0 Å². The summed E-state index contributed by atoms with van der Waals surface area (Å²) in [7, 11) is -3.55. The van der Waals surface area contributed by atoms with Gasteiger partial charge in [0.15, 0.2) is 0 Å². The van der Waals surface area contributed by atoms with Gasteiger partial charge in [0.05, 0.1) is 10.8 Å². The fraction of sp³-hybridized carbons (Fsp3) is 0.391. The van der Waals surface area contributed by atoms with Crippen molar-refractivity contribution in [3.8, 4) is 0 Å². The molecule has 0 radical (unpaired) electrons. The van der Waals surface area contributed by atoms with Gasteiger partial charge in [-0.2, -0.15) is 4.31 Å². The summed E-state index contributed by atoms with van der Waals surface area (Å²) in [5, 5.41) is 2.82. The lowest BCUT2D eigenvalue weighted by Crippen LogP contribution is -2.41. The first-order valence-electron chi connectivity index (χ1n) is 10.6. The zero-order chi connectivity index (χ0) is 22.0. The average molecular weight is 442 g/mol. The van der Waals surface area contributed by atoms with Crippen molar-refractivity contribution >= 4 is 33.2 Å². The van der Waals surface area contributed by atoms with Crippen molar-refractivity contribution in [3.05, 3.63) is 54.6 Å². The molecule has 0 bridgehead atoms. The number of hydrogen-bond donors (Lipinski definition) is 1. The Morgan fingerprint density at radius 3 is 2.42 bits per heavy atom. The molecule has 2 aromatic rings. The van der Waals surface area contributed by atoms with Gasteiger partial charge in [0.1, 0.15) is 0 Å². The highest BCUT2D eigenvalue weighted by Gasteiger charge is 2.35. The molecule has 2 fully saturated rings. The van der Waals surface area contributed by atoms with Crippen LogP contribution in [0.2, 0.25) is 0 Å². The Kier molecular flexibility index (Phi) is 6.11. The monoisotopic (exact) mass is 441 g/mol. The quantitative estimate of drug-likeness (QED) is 0.772. The molecule has 0 aromatic heterocycles. The van der Waals surface area contributed by atoms with E-state index in [-0.39, 0.29) is 29.2 Å². The predicted molar refractivity (Wildman–Crippen MR) is 119 cm³/mol. The highest BCUT2D eigenvalue weighted by Crippen LogP contribution is 2.28. The number of hydrogen-bond acceptors (Lipinski definition) is 4. The maximum absolute atomic E-state index is 12.9. The van der Waals surface area contributed by atoms with Crippen LogP contribution in [0.15, 0.2) is 59.5 Å². The first-order chi connectivity index (χ1) is 14.9. The van der Waals surface area contributed by atoms with Crippen LogP contribution in [0.25, 0.3) is 0 Å². The van der Waals surface area contributed by atoms with Crippen LogP contribution in [0.4, 0.5) is 11.4 Å². The standard InChI is InChI=1S/C23H27N3O4S/c1-17-7-5-6-14-26(17)31(29,30)21-12-10-19(11-13-21)24-23(28)18-15-22(27)25(16-18)20-8-3-2-4-9-20/h2-4,8-13,17-18H,5-7,14-16H2,1H3,(H,24,28)/t17-,18-/m0/s1. The lowest BCUT2D eigenvalue weighted by molar-refractivity contribution is -0.122. The summed E-state index contributed by atoms with van der Waals surface area (Å²) in [6, 6.07) is 15.5. The Morgan fingerprint density at radius 1 is 1.03 bits per heavy atom. The molecule has 0 unspecified atom stereocenters. The number of nitrogens with one attached hydrogen (secondary N) is 1. The van der Waals surface area contributed by atoms with E-state index in [1.807, 2.05) is 37.3 Å². The number of carbonyl (C=O) groups excluding carboxylic acids is 2. The summed E-state index contributed by atoms with van der Waals surface area (Å²) >= 11 is 0. The molecule has 31 heavy (non-hydrogen) atoms. The van der Waals surface area contributed by atoms with E-state index in [2.05, 4.69) is 5.32 Å². The number of piperidine rings is 1. The Balaban J connectivity index is 1.41. The van der Waals surface area contributed by atoms with Gasteiger partial charge in [-0.15, -0.1) is 0 Å². The maximum atomic E-state index is 12.9. The van der Waals surface area contributed by atoms with Gasteiger partial charge in [0.2, 0.25) is 21.8 Å². The molecular formula is C23H27N3O4S. The third kappa shape index (κ3) is 4.50. The second-order valence-corrected chi connectivity index (χ2v) is 10.1. The summed E-state index contributed by atoms with van der Waals surface area (Å²) < 4.78 is 27.4. The van der Waals surface area contributed by atoms with Gasteiger partial charge in [-0.3, -0.25) is 9.59 Å². The zero-order valence-corrected chi connectivity index (χ0v) is 18.3. The van der Waals surface area contributed by atoms with Crippen molar-refractivity contribution in [1.82, 2.24) is 4.31 Å². The number of anilines is 2. The van der Waals surface area contributed by atoms with E-state index in [9.17, 15) is 18.0 Å². The van der Waals surface area contributed by atoms with E-state index in [1.54, 1.807) is 21.3 Å². The van der Waals surface area contributed by atoms with Gasteiger partial charge in [-0.1, -0.05) is 24.6 Å². The normalized spacial score (nSPS) is 22.5. The molecule has 8 heteroatoms. The van der Waals surface area contributed by atoms with Crippen molar-refractivity contribution < 1.29 is 18.0 Å². The van der Waals surface area contributed by atoms with Crippen molar-refractivity contribution in [3.63, 3.8) is 0 Å². The molecule has 2 amide bonds. The second kappa shape index (κ2) is 8.80. The van der Waals surface area contributed by atoms with Crippen molar-refractivity contribution in [2.45, 2.75) is 43.5 Å². The van der Waals surface area contributed by atoms with Crippen LogP contribution in [0.3, 0.4) is 0 Å². The first kappa shape index (κ1) is 21.5. The van der Waals surface area contributed by atoms with E-state index in [0.29, 0.717) is 18.8 Å². The lowest BCUT2D eigenvalue weighted by atomic mass is 10.1. The number of carbonyl (C=O) groups is 2. The van der Waals surface area contributed by atoms with E-state index < -0.39 is 15.9 Å². The van der Waals surface area contributed by atoms with E-state index >= 15 is 0 Å². The molecule has 0 saturated carbocycles.